The maximum absolute atomic E-state index is 11.8. The number of ketones is 1. The summed E-state index contributed by atoms with van der Waals surface area (Å²) >= 11 is 0. The highest BCUT2D eigenvalue weighted by Gasteiger charge is 2.08. The zero-order chi connectivity index (χ0) is 12.0. The van der Waals surface area contributed by atoms with Gasteiger partial charge in [0.1, 0.15) is 5.75 Å². The second-order valence-corrected chi connectivity index (χ2v) is 3.58. The summed E-state index contributed by atoms with van der Waals surface area (Å²) in [5, 5.41) is 3.03. The van der Waals surface area contributed by atoms with E-state index in [1.807, 2.05) is 25.1 Å². The van der Waals surface area contributed by atoms with Gasteiger partial charge in [-0.3, -0.25) is 4.79 Å². The van der Waals surface area contributed by atoms with E-state index in [2.05, 4.69) is 12.2 Å². The molecular weight excluding hydrogens is 202 g/mol. The Morgan fingerprint density at radius 1 is 1.38 bits per heavy atom. The van der Waals surface area contributed by atoms with E-state index in [1.54, 1.807) is 7.11 Å². The first-order chi connectivity index (χ1) is 7.72. The third-order valence-electron chi connectivity index (χ3n) is 2.52. The Balaban J connectivity index is 2.85. The predicted octanol–water partition coefficient (Wildman–Crippen LogP) is 2.05. The van der Waals surface area contributed by atoms with Gasteiger partial charge in [-0.2, -0.15) is 0 Å². The Morgan fingerprint density at radius 2 is 2.12 bits per heavy atom. The summed E-state index contributed by atoms with van der Waals surface area (Å²) in [4.78, 5) is 11.8. The molecule has 0 radical (unpaired) electrons. The number of rotatable bonds is 6. The summed E-state index contributed by atoms with van der Waals surface area (Å²) in [7, 11) is 1.65. The Bertz CT molecular complexity index is 361. The first kappa shape index (κ1) is 12.7. The van der Waals surface area contributed by atoms with E-state index < -0.39 is 0 Å². The molecule has 0 saturated carbocycles. The Kier molecular flexibility index (Phi) is 4.99. The number of Topliss-reactive ketones (excluding diaryl/α,β-unsaturated/α-hetero) is 1. The predicted molar refractivity (Wildman–Crippen MR) is 65.2 cm³/mol. The number of nitrogens with one attached hydrogen (secondary N) is 1. The van der Waals surface area contributed by atoms with Gasteiger partial charge in [-0.25, -0.2) is 0 Å². The fourth-order valence-electron chi connectivity index (χ4n) is 1.57. The molecule has 0 atom stereocenters. The first-order valence-electron chi connectivity index (χ1n) is 5.63. The second kappa shape index (κ2) is 6.28. The summed E-state index contributed by atoms with van der Waals surface area (Å²) in [5.41, 5.74) is 1.82. The molecule has 1 aromatic carbocycles. The highest BCUT2D eigenvalue weighted by Crippen LogP contribution is 2.20. The average Bonchev–Trinajstić information content (AvgIpc) is 2.34. The zero-order valence-corrected chi connectivity index (χ0v) is 10.2. The second-order valence-electron chi connectivity index (χ2n) is 3.58. The van der Waals surface area contributed by atoms with Gasteiger partial charge in [-0.05, 0) is 36.7 Å². The van der Waals surface area contributed by atoms with Crippen molar-refractivity contribution in [2.45, 2.75) is 20.3 Å². The molecule has 0 aliphatic carbocycles. The lowest BCUT2D eigenvalue weighted by molar-refractivity contribution is 0.0991. The van der Waals surface area contributed by atoms with E-state index in [0.29, 0.717) is 6.54 Å². The van der Waals surface area contributed by atoms with Crippen LogP contribution in [0, 0.1) is 0 Å². The Morgan fingerprint density at radius 3 is 2.69 bits per heavy atom. The minimum absolute atomic E-state index is 0.124. The van der Waals surface area contributed by atoms with Crippen LogP contribution in [0.3, 0.4) is 0 Å². The van der Waals surface area contributed by atoms with Crippen LogP contribution < -0.4 is 10.1 Å². The fraction of sp³-hybridized carbons (Fsp3) is 0.462. The lowest BCUT2D eigenvalue weighted by atomic mass is 10.0. The summed E-state index contributed by atoms with van der Waals surface area (Å²) < 4.78 is 5.23. The number of carbonyl (C=O) groups excluding carboxylic acids is 1. The molecular formula is C13H19NO2. The molecule has 0 heterocycles. The van der Waals surface area contributed by atoms with Gasteiger partial charge in [-0.1, -0.05) is 13.8 Å². The zero-order valence-electron chi connectivity index (χ0n) is 10.2. The number of hydrogen-bond donors (Lipinski definition) is 1. The quantitative estimate of drug-likeness (QED) is 0.747. The topological polar surface area (TPSA) is 38.3 Å². The third kappa shape index (κ3) is 3.07. The Labute approximate surface area is 96.8 Å². The summed E-state index contributed by atoms with van der Waals surface area (Å²) in [6, 6.07) is 5.59. The normalized spacial score (nSPS) is 10.2. The highest BCUT2D eigenvalue weighted by atomic mass is 16.5. The number of benzene rings is 1. The number of ether oxygens (including phenoxy) is 1. The van der Waals surface area contributed by atoms with Crippen molar-refractivity contribution in [3.63, 3.8) is 0 Å². The van der Waals surface area contributed by atoms with Crippen molar-refractivity contribution in [2.75, 3.05) is 20.2 Å². The van der Waals surface area contributed by atoms with Crippen LogP contribution in [0.25, 0.3) is 0 Å². The molecule has 0 aliphatic heterocycles. The van der Waals surface area contributed by atoms with Crippen molar-refractivity contribution >= 4 is 5.78 Å². The molecule has 3 nitrogen and oxygen atoms in total. The molecule has 0 amide bonds. The van der Waals surface area contributed by atoms with Gasteiger partial charge in [0.2, 0.25) is 0 Å². The fourth-order valence-corrected chi connectivity index (χ4v) is 1.57. The smallest absolute Gasteiger partial charge is 0.176 e. The molecule has 0 saturated heterocycles. The minimum atomic E-state index is 0.124. The van der Waals surface area contributed by atoms with Crippen LogP contribution in [0.4, 0.5) is 0 Å². The third-order valence-corrected chi connectivity index (χ3v) is 2.52. The van der Waals surface area contributed by atoms with E-state index >= 15 is 0 Å². The number of carbonyl (C=O) groups is 1. The van der Waals surface area contributed by atoms with Crippen molar-refractivity contribution < 1.29 is 9.53 Å². The molecule has 16 heavy (non-hydrogen) atoms. The van der Waals surface area contributed by atoms with Crippen LogP contribution in [0.5, 0.6) is 5.75 Å². The van der Waals surface area contributed by atoms with Gasteiger partial charge >= 0.3 is 0 Å². The van der Waals surface area contributed by atoms with Crippen LogP contribution in [-0.2, 0) is 6.42 Å². The van der Waals surface area contributed by atoms with Gasteiger partial charge in [0.25, 0.3) is 0 Å². The van der Waals surface area contributed by atoms with Crippen LogP contribution in [0.15, 0.2) is 18.2 Å². The molecule has 1 rings (SSSR count). The Hall–Kier alpha value is -1.35. The van der Waals surface area contributed by atoms with E-state index in [-0.39, 0.29) is 5.78 Å². The van der Waals surface area contributed by atoms with E-state index in [0.717, 1.165) is 29.8 Å². The molecule has 3 heteroatoms. The molecule has 0 bridgehead atoms. The van der Waals surface area contributed by atoms with Gasteiger partial charge < -0.3 is 10.1 Å². The van der Waals surface area contributed by atoms with Crippen LogP contribution >= 0.6 is 0 Å². The first-order valence-corrected chi connectivity index (χ1v) is 5.63. The molecule has 88 valence electrons. The van der Waals surface area contributed by atoms with E-state index in [4.69, 9.17) is 4.74 Å². The molecule has 0 unspecified atom stereocenters. The molecule has 0 aromatic heterocycles. The van der Waals surface area contributed by atoms with E-state index in [1.165, 1.54) is 0 Å². The standard InChI is InChI=1S/C13H19NO2/c1-4-10-8-11(6-7-13(10)16-3)12(15)9-14-5-2/h6-8,14H,4-5,9H2,1-3H3. The number of aryl methyl sites for hydroxylation is 1. The maximum Gasteiger partial charge on any atom is 0.176 e. The number of methoxy groups -OCH3 is 1. The molecule has 1 aromatic rings. The molecule has 0 fully saturated rings. The number of likely N-dealkylation sites (N-methyl/N-ethyl adjacent to an activating group) is 1. The van der Waals surface area contributed by atoms with Gasteiger partial charge in [-0.15, -0.1) is 0 Å². The summed E-state index contributed by atoms with van der Waals surface area (Å²) in [6.07, 6.45) is 0.867. The van der Waals surface area contributed by atoms with Crippen LogP contribution in [0.1, 0.15) is 29.8 Å². The number of hydrogen-bond acceptors (Lipinski definition) is 3. The minimum Gasteiger partial charge on any atom is -0.496 e. The maximum atomic E-state index is 11.8. The largest absolute Gasteiger partial charge is 0.496 e. The SMILES string of the molecule is CCNCC(=O)c1ccc(OC)c(CC)c1. The molecule has 1 N–H and O–H groups in total. The monoisotopic (exact) mass is 221 g/mol. The lowest BCUT2D eigenvalue weighted by Gasteiger charge is -2.08. The average molecular weight is 221 g/mol. The molecule has 0 spiro atoms. The van der Waals surface area contributed by atoms with Crippen molar-refractivity contribution in [1.82, 2.24) is 5.32 Å². The summed E-state index contributed by atoms with van der Waals surface area (Å²) in [5.74, 6) is 0.974. The van der Waals surface area contributed by atoms with Gasteiger partial charge in [0.15, 0.2) is 5.78 Å². The van der Waals surface area contributed by atoms with E-state index in [9.17, 15) is 4.79 Å². The van der Waals surface area contributed by atoms with Crippen LogP contribution in [-0.4, -0.2) is 26.0 Å². The van der Waals surface area contributed by atoms with Gasteiger partial charge in [0, 0.05) is 5.56 Å². The summed E-state index contributed by atoms with van der Waals surface area (Å²) in [6.45, 7) is 5.24. The lowest BCUT2D eigenvalue weighted by Crippen LogP contribution is -2.22. The van der Waals surface area contributed by atoms with Crippen molar-refractivity contribution in [3.8, 4) is 5.75 Å². The van der Waals surface area contributed by atoms with Crippen molar-refractivity contribution in [2.24, 2.45) is 0 Å². The van der Waals surface area contributed by atoms with Crippen molar-refractivity contribution in [1.29, 1.82) is 0 Å². The highest BCUT2D eigenvalue weighted by molar-refractivity contribution is 5.97. The molecule has 0 aliphatic rings. The van der Waals surface area contributed by atoms with Crippen molar-refractivity contribution in [3.05, 3.63) is 29.3 Å². The van der Waals surface area contributed by atoms with Crippen LogP contribution in [0.2, 0.25) is 0 Å². The van der Waals surface area contributed by atoms with Gasteiger partial charge in [0.05, 0.1) is 13.7 Å².